The van der Waals surface area contributed by atoms with Gasteiger partial charge >= 0.3 is 0 Å². The van der Waals surface area contributed by atoms with Crippen LogP contribution in [0.2, 0.25) is 0 Å². The van der Waals surface area contributed by atoms with Crippen molar-refractivity contribution in [3.05, 3.63) is 101 Å². The lowest BCUT2D eigenvalue weighted by atomic mass is 9.89. The predicted octanol–water partition coefficient (Wildman–Crippen LogP) is 4.55. The number of aryl methyl sites for hydroxylation is 1. The van der Waals surface area contributed by atoms with Gasteiger partial charge in [-0.15, -0.1) is 12.4 Å². The van der Waals surface area contributed by atoms with Crippen LogP contribution in [0.15, 0.2) is 78.9 Å². The van der Waals surface area contributed by atoms with E-state index in [9.17, 15) is 15.0 Å². The molecule has 3 aromatic rings. The highest BCUT2D eigenvalue weighted by Crippen LogP contribution is 2.27. The van der Waals surface area contributed by atoms with E-state index in [4.69, 9.17) is 5.73 Å². The van der Waals surface area contributed by atoms with E-state index in [1.54, 1.807) is 6.07 Å². The lowest BCUT2D eigenvalue weighted by Crippen LogP contribution is -2.31. The number of phenols is 1. The van der Waals surface area contributed by atoms with E-state index in [0.29, 0.717) is 18.0 Å². The number of hydrogen-bond donors (Lipinski definition) is 4. The van der Waals surface area contributed by atoms with E-state index in [1.807, 2.05) is 24.3 Å². The summed E-state index contributed by atoms with van der Waals surface area (Å²) in [5, 5.41) is 24.0. The van der Waals surface area contributed by atoms with Crippen molar-refractivity contribution < 1.29 is 15.0 Å². The fraction of sp³-hybridized carbons (Fsp3) is 0.269. The molecule has 0 heterocycles. The molecular formula is C26H31ClN2O3. The largest absolute Gasteiger partial charge is 0.507 e. The molecule has 170 valence electrons. The highest BCUT2D eigenvalue weighted by Gasteiger charge is 2.21. The molecule has 5 nitrogen and oxygen atoms in total. The molecule has 0 radical (unpaired) electrons. The van der Waals surface area contributed by atoms with Gasteiger partial charge in [0.25, 0.3) is 5.91 Å². The number of nitrogens with one attached hydrogen (secondary N) is 1. The number of amides is 1. The third kappa shape index (κ3) is 6.82. The van der Waals surface area contributed by atoms with Crippen LogP contribution in [-0.2, 0) is 6.42 Å². The van der Waals surface area contributed by atoms with Crippen LogP contribution in [0.4, 0.5) is 0 Å². The number of benzene rings is 3. The molecule has 1 unspecified atom stereocenters. The number of carbonyl (C=O) groups is 1. The van der Waals surface area contributed by atoms with Crippen molar-refractivity contribution in [1.29, 1.82) is 0 Å². The van der Waals surface area contributed by atoms with Gasteiger partial charge in [-0.3, -0.25) is 4.79 Å². The van der Waals surface area contributed by atoms with Crippen LogP contribution in [-0.4, -0.2) is 22.7 Å². The molecule has 0 saturated heterocycles. The van der Waals surface area contributed by atoms with Crippen LogP contribution in [0, 0.1) is 5.92 Å². The van der Waals surface area contributed by atoms with Gasteiger partial charge in [0.15, 0.2) is 0 Å². The monoisotopic (exact) mass is 454 g/mol. The lowest BCUT2D eigenvalue weighted by molar-refractivity contribution is 0.0997. The summed E-state index contributed by atoms with van der Waals surface area (Å²) >= 11 is 0. The number of hydrogen-bond acceptors (Lipinski definition) is 4. The predicted molar refractivity (Wildman–Crippen MR) is 130 cm³/mol. The SMILES string of the molecule is CC(CCc1ccccc1)[C@@H](NC[C@H](O)c1ccc(O)c(C(N)=O)c1)c1ccccc1.Cl. The standard InChI is InChI=1S/C26H30N2O3.ClH/c1-18(12-13-19-8-4-2-5-9-19)25(20-10-6-3-7-11-20)28-17-24(30)21-14-15-23(29)22(16-21)26(27)31;/h2-11,14-16,18,24-25,28-30H,12-13,17H2,1H3,(H2,27,31);1H/t18?,24-,25+;/m0./s1. The fourth-order valence-electron chi connectivity index (χ4n) is 3.83. The van der Waals surface area contributed by atoms with Gasteiger partial charge < -0.3 is 21.3 Å². The maximum absolute atomic E-state index is 11.5. The second-order valence-electron chi connectivity index (χ2n) is 7.95. The van der Waals surface area contributed by atoms with Crippen molar-refractivity contribution in [2.24, 2.45) is 11.7 Å². The summed E-state index contributed by atoms with van der Waals surface area (Å²) in [7, 11) is 0. The van der Waals surface area contributed by atoms with Crippen molar-refractivity contribution in [3.8, 4) is 5.75 Å². The number of aliphatic hydroxyl groups excluding tert-OH is 1. The normalized spacial score (nSPS) is 13.6. The highest BCUT2D eigenvalue weighted by atomic mass is 35.5. The Hall–Kier alpha value is -2.86. The van der Waals surface area contributed by atoms with Gasteiger partial charge in [-0.1, -0.05) is 73.7 Å². The Labute approximate surface area is 195 Å². The van der Waals surface area contributed by atoms with Crippen LogP contribution in [0.1, 0.15) is 52.5 Å². The van der Waals surface area contributed by atoms with E-state index >= 15 is 0 Å². The average Bonchev–Trinajstić information content (AvgIpc) is 2.79. The first-order valence-electron chi connectivity index (χ1n) is 10.6. The van der Waals surface area contributed by atoms with Crippen molar-refractivity contribution in [2.45, 2.75) is 31.9 Å². The maximum Gasteiger partial charge on any atom is 0.252 e. The number of rotatable bonds is 10. The molecule has 0 aliphatic carbocycles. The minimum Gasteiger partial charge on any atom is -0.507 e. The molecule has 1 amide bonds. The van der Waals surface area contributed by atoms with Crippen molar-refractivity contribution >= 4 is 18.3 Å². The van der Waals surface area contributed by atoms with Crippen LogP contribution in [0.25, 0.3) is 0 Å². The van der Waals surface area contributed by atoms with E-state index in [0.717, 1.165) is 12.8 Å². The maximum atomic E-state index is 11.5. The van der Waals surface area contributed by atoms with E-state index in [1.165, 1.54) is 23.3 Å². The minimum atomic E-state index is -0.841. The van der Waals surface area contributed by atoms with Gasteiger partial charge in [0, 0.05) is 12.6 Å². The Bertz CT molecular complexity index is 983. The second kappa shape index (κ2) is 12.2. The molecule has 3 aromatic carbocycles. The number of nitrogens with two attached hydrogens (primary N) is 1. The smallest absolute Gasteiger partial charge is 0.252 e. The Balaban J connectivity index is 0.00000363. The molecule has 6 heteroatoms. The summed E-state index contributed by atoms with van der Waals surface area (Å²) in [6, 6.07) is 25.1. The molecule has 3 rings (SSSR count). The van der Waals surface area contributed by atoms with Gasteiger partial charge in [0.2, 0.25) is 0 Å². The summed E-state index contributed by atoms with van der Waals surface area (Å²) in [5.41, 5.74) is 8.32. The van der Waals surface area contributed by atoms with Crippen LogP contribution in [0.3, 0.4) is 0 Å². The van der Waals surface area contributed by atoms with E-state index in [-0.39, 0.29) is 29.8 Å². The minimum absolute atomic E-state index is 0. The Morgan fingerprint density at radius 1 is 0.969 bits per heavy atom. The first-order chi connectivity index (χ1) is 15.0. The molecule has 0 bridgehead atoms. The molecule has 0 aliphatic rings. The molecule has 0 aliphatic heterocycles. The Kier molecular flexibility index (Phi) is 9.72. The zero-order valence-corrected chi connectivity index (χ0v) is 19.0. The van der Waals surface area contributed by atoms with Gasteiger partial charge in [0.05, 0.1) is 11.7 Å². The highest BCUT2D eigenvalue weighted by molar-refractivity contribution is 5.95. The van der Waals surface area contributed by atoms with Crippen LogP contribution >= 0.6 is 12.4 Å². The average molecular weight is 455 g/mol. The zero-order chi connectivity index (χ0) is 22.2. The number of carbonyl (C=O) groups excluding carboxylic acids is 1. The Morgan fingerprint density at radius 3 is 2.22 bits per heavy atom. The Morgan fingerprint density at radius 2 is 1.59 bits per heavy atom. The second-order valence-corrected chi connectivity index (χ2v) is 7.95. The first-order valence-corrected chi connectivity index (χ1v) is 10.6. The fourth-order valence-corrected chi connectivity index (χ4v) is 3.83. The summed E-state index contributed by atoms with van der Waals surface area (Å²) < 4.78 is 0. The van der Waals surface area contributed by atoms with E-state index < -0.39 is 12.0 Å². The van der Waals surface area contributed by atoms with Crippen LogP contribution < -0.4 is 11.1 Å². The quantitative estimate of drug-likeness (QED) is 0.361. The summed E-state index contributed by atoms with van der Waals surface area (Å²) in [6.45, 7) is 2.52. The van der Waals surface area contributed by atoms with Gasteiger partial charge in [-0.2, -0.15) is 0 Å². The van der Waals surface area contributed by atoms with Crippen molar-refractivity contribution in [1.82, 2.24) is 5.32 Å². The van der Waals surface area contributed by atoms with Crippen molar-refractivity contribution in [2.75, 3.05) is 6.54 Å². The summed E-state index contributed by atoms with van der Waals surface area (Å²) in [6.07, 6.45) is 1.14. The number of primary amides is 1. The number of aromatic hydroxyl groups is 1. The van der Waals surface area contributed by atoms with Gasteiger partial charge in [-0.05, 0) is 47.6 Å². The molecule has 0 spiro atoms. The zero-order valence-electron chi connectivity index (χ0n) is 18.1. The van der Waals surface area contributed by atoms with Crippen LogP contribution in [0.5, 0.6) is 5.75 Å². The van der Waals surface area contributed by atoms with Gasteiger partial charge in [0.1, 0.15) is 5.75 Å². The molecule has 32 heavy (non-hydrogen) atoms. The topological polar surface area (TPSA) is 95.6 Å². The molecular weight excluding hydrogens is 424 g/mol. The summed E-state index contributed by atoms with van der Waals surface area (Å²) in [4.78, 5) is 11.5. The van der Waals surface area contributed by atoms with Crippen molar-refractivity contribution in [3.63, 3.8) is 0 Å². The number of aliphatic hydroxyl groups is 1. The first kappa shape index (κ1) is 25.4. The van der Waals surface area contributed by atoms with E-state index in [2.05, 4.69) is 48.6 Å². The lowest BCUT2D eigenvalue weighted by Gasteiger charge is -2.27. The molecule has 0 aromatic heterocycles. The number of halogens is 1. The third-order valence-electron chi connectivity index (χ3n) is 5.66. The third-order valence-corrected chi connectivity index (χ3v) is 5.66. The molecule has 0 fully saturated rings. The van der Waals surface area contributed by atoms with Gasteiger partial charge in [-0.25, -0.2) is 0 Å². The molecule has 0 saturated carbocycles. The summed E-state index contributed by atoms with van der Waals surface area (Å²) in [5.74, 6) is -0.583. The molecule has 3 atom stereocenters. The molecule has 5 N–H and O–H groups in total.